The molecule has 0 amide bonds. The fraction of sp³-hybridized carbons (Fsp3) is 0.333. The average Bonchev–Trinajstić information content (AvgIpc) is 2.40. The molecule has 0 radical (unpaired) electrons. The zero-order chi connectivity index (χ0) is 12.8. The first kappa shape index (κ1) is 12.9. The number of ether oxygens (including phenoxy) is 2. The Balaban J connectivity index is 1.96. The van der Waals surface area contributed by atoms with Crippen LogP contribution in [0.1, 0.15) is 23.8 Å². The summed E-state index contributed by atoms with van der Waals surface area (Å²) in [6, 6.07) is 7.78. The largest absolute Gasteiger partial charge is 0.375 e. The van der Waals surface area contributed by atoms with Gasteiger partial charge in [-0.25, -0.2) is 0 Å². The third-order valence-electron chi connectivity index (χ3n) is 2.42. The first-order chi connectivity index (χ1) is 8.75. The van der Waals surface area contributed by atoms with E-state index in [0.29, 0.717) is 0 Å². The average molecular weight is 265 g/mol. The summed E-state index contributed by atoms with van der Waals surface area (Å²) in [4.78, 5) is 0. The maximum Gasteiger partial charge on any atom is 0.184 e. The Morgan fingerprint density at radius 1 is 1.33 bits per heavy atom. The number of rotatable bonds is 3. The molecule has 0 spiro atoms. The Kier molecular flexibility index (Phi) is 4.63. The Hall–Kier alpha value is -1.50. The van der Waals surface area contributed by atoms with Gasteiger partial charge in [0.2, 0.25) is 0 Å². The summed E-state index contributed by atoms with van der Waals surface area (Å²) in [5, 5.41) is 4.02. The molecule has 1 aromatic carbocycles. The van der Waals surface area contributed by atoms with Crippen LogP contribution in [0.15, 0.2) is 29.4 Å². The summed E-state index contributed by atoms with van der Waals surface area (Å²) >= 11 is 4.64. The van der Waals surface area contributed by atoms with Gasteiger partial charge in [0.1, 0.15) is 0 Å². The highest BCUT2D eigenvalue weighted by molar-refractivity contribution is 7.80. The van der Waals surface area contributed by atoms with E-state index < -0.39 is 0 Å². The van der Waals surface area contributed by atoms with Gasteiger partial charge in [0.25, 0.3) is 0 Å². The molecule has 1 heterocycles. The Morgan fingerprint density at radius 2 is 2.00 bits per heavy atom. The summed E-state index contributed by atoms with van der Waals surface area (Å²) < 4.78 is 11.0. The Bertz CT molecular complexity index is 427. The Labute approximate surface area is 111 Å². The normalized spacial score (nSPS) is 16.9. The molecule has 0 bridgehead atoms. The van der Waals surface area contributed by atoms with Crippen molar-refractivity contribution in [1.29, 1.82) is 0 Å². The number of hydrogen-bond acceptors (Lipinski definition) is 4. The topological polar surface area (TPSA) is 68.9 Å². The zero-order valence-electron chi connectivity index (χ0n) is 9.83. The molecule has 0 atom stereocenters. The number of hydrazone groups is 1. The van der Waals surface area contributed by atoms with Crippen LogP contribution in [0.4, 0.5) is 0 Å². The lowest BCUT2D eigenvalue weighted by molar-refractivity contribution is -0.183. The SMILES string of the molecule is NC(=S)NN=Cc1ccc(C2OCCCO2)cc1. The van der Waals surface area contributed by atoms with Crippen molar-refractivity contribution in [2.75, 3.05) is 13.2 Å². The van der Waals surface area contributed by atoms with E-state index >= 15 is 0 Å². The van der Waals surface area contributed by atoms with Crippen LogP contribution >= 0.6 is 12.2 Å². The molecule has 18 heavy (non-hydrogen) atoms. The van der Waals surface area contributed by atoms with Crippen molar-refractivity contribution in [3.8, 4) is 0 Å². The molecule has 0 aliphatic carbocycles. The van der Waals surface area contributed by atoms with Crippen LogP contribution in [0.5, 0.6) is 0 Å². The van der Waals surface area contributed by atoms with Crippen molar-refractivity contribution in [3.63, 3.8) is 0 Å². The molecule has 0 unspecified atom stereocenters. The van der Waals surface area contributed by atoms with E-state index in [0.717, 1.165) is 30.8 Å². The van der Waals surface area contributed by atoms with E-state index in [1.165, 1.54) is 0 Å². The van der Waals surface area contributed by atoms with Gasteiger partial charge >= 0.3 is 0 Å². The second kappa shape index (κ2) is 6.44. The molecule has 1 aromatic rings. The van der Waals surface area contributed by atoms with Crippen molar-refractivity contribution >= 4 is 23.5 Å². The maximum absolute atomic E-state index is 5.51. The molecule has 1 aliphatic rings. The van der Waals surface area contributed by atoms with E-state index in [2.05, 4.69) is 22.7 Å². The summed E-state index contributed by atoms with van der Waals surface area (Å²) in [5.41, 5.74) is 9.70. The number of thiocarbonyl (C=S) groups is 1. The number of nitrogens with one attached hydrogen (secondary N) is 1. The smallest absolute Gasteiger partial charge is 0.184 e. The molecule has 0 saturated carbocycles. The highest BCUT2D eigenvalue weighted by Crippen LogP contribution is 2.22. The lowest BCUT2D eigenvalue weighted by Gasteiger charge is -2.23. The number of nitrogens with zero attached hydrogens (tertiary/aromatic N) is 1. The van der Waals surface area contributed by atoms with Crippen LogP contribution in [-0.4, -0.2) is 24.5 Å². The fourth-order valence-corrected chi connectivity index (χ4v) is 1.64. The van der Waals surface area contributed by atoms with E-state index in [-0.39, 0.29) is 11.4 Å². The van der Waals surface area contributed by atoms with Gasteiger partial charge in [-0.15, -0.1) is 0 Å². The summed E-state index contributed by atoms with van der Waals surface area (Å²) in [7, 11) is 0. The molecule has 5 nitrogen and oxygen atoms in total. The molecule has 1 fully saturated rings. The number of benzene rings is 1. The highest BCUT2D eigenvalue weighted by atomic mass is 32.1. The minimum absolute atomic E-state index is 0.145. The van der Waals surface area contributed by atoms with E-state index in [1.54, 1.807) is 6.21 Å². The van der Waals surface area contributed by atoms with Gasteiger partial charge < -0.3 is 15.2 Å². The van der Waals surface area contributed by atoms with Crippen molar-refractivity contribution in [2.45, 2.75) is 12.7 Å². The molecule has 96 valence electrons. The first-order valence-electron chi connectivity index (χ1n) is 5.67. The van der Waals surface area contributed by atoms with Gasteiger partial charge in [0.15, 0.2) is 11.4 Å². The summed E-state index contributed by atoms with van der Waals surface area (Å²) in [6.45, 7) is 1.48. The van der Waals surface area contributed by atoms with Crippen LogP contribution in [0, 0.1) is 0 Å². The molecular weight excluding hydrogens is 250 g/mol. The summed E-state index contributed by atoms with van der Waals surface area (Å²) in [5.74, 6) is 0. The molecule has 1 saturated heterocycles. The molecular formula is C12H15N3O2S. The second-order valence-electron chi connectivity index (χ2n) is 3.83. The van der Waals surface area contributed by atoms with E-state index in [1.807, 2.05) is 24.3 Å². The highest BCUT2D eigenvalue weighted by Gasteiger charge is 2.15. The van der Waals surface area contributed by atoms with E-state index in [4.69, 9.17) is 15.2 Å². The molecule has 0 aromatic heterocycles. The van der Waals surface area contributed by atoms with Crippen LogP contribution in [0.3, 0.4) is 0 Å². The van der Waals surface area contributed by atoms with Crippen molar-refractivity contribution in [2.24, 2.45) is 10.8 Å². The minimum Gasteiger partial charge on any atom is -0.375 e. The van der Waals surface area contributed by atoms with Gasteiger partial charge in [-0.2, -0.15) is 5.10 Å². The van der Waals surface area contributed by atoms with Gasteiger partial charge in [-0.05, 0) is 24.2 Å². The van der Waals surface area contributed by atoms with Crippen LogP contribution in [-0.2, 0) is 9.47 Å². The second-order valence-corrected chi connectivity index (χ2v) is 4.27. The van der Waals surface area contributed by atoms with E-state index in [9.17, 15) is 0 Å². The Morgan fingerprint density at radius 3 is 2.61 bits per heavy atom. The van der Waals surface area contributed by atoms with Gasteiger partial charge in [0.05, 0.1) is 19.4 Å². The predicted octanol–water partition coefficient (Wildman–Crippen LogP) is 1.29. The lowest BCUT2D eigenvalue weighted by atomic mass is 10.1. The molecule has 6 heteroatoms. The minimum atomic E-state index is -0.250. The predicted molar refractivity (Wildman–Crippen MR) is 73.2 cm³/mol. The molecule has 1 aliphatic heterocycles. The van der Waals surface area contributed by atoms with Crippen molar-refractivity contribution in [1.82, 2.24) is 5.43 Å². The monoisotopic (exact) mass is 265 g/mol. The molecule has 3 N–H and O–H groups in total. The van der Waals surface area contributed by atoms with Gasteiger partial charge in [-0.1, -0.05) is 24.3 Å². The lowest BCUT2D eigenvalue weighted by Crippen LogP contribution is -2.24. The fourth-order valence-electron chi connectivity index (χ4n) is 1.59. The van der Waals surface area contributed by atoms with Gasteiger partial charge in [-0.3, -0.25) is 5.43 Å². The quantitative estimate of drug-likeness (QED) is 0.489. The molecule has 2 rings (SSSR count). The number of nitrogens with two attached hydrogens (primary N) is 1. The van der Waals surface area contributed by atoms with Crippen LogP contribution in [0.2, 0.25) is 0 Å². The van der Waals surface area contributed by atoms with Crippen LogP contribution < -0.4 is 11.2 Å². The standard InChI is InChI=1S/C12H15N3O2S/c13-12(18)15-14-8-9-2-4-10(5-3-9)11-16-6-1-7-17-11/h2-5,8,11H,1,6-7H2,(H3,13,15,18). The third-order valence-corrected chi connectivity index (χ3v) is 2.52. The third kappa shape index (κ3) is 3.76. The van der Waals surface area contributed by atoms with Gasteiger partial charge in [0, 0.05) is 5.56 Å². The maximum atomic E-state index is 5.51. The zero-order valence-corrected chi connectivity index (χ0v) is 10.7. The first-order valence-corrected chi connectivity index (χ1v) is 6.08. The van der Waals surface area contributed by atoms with Crippen molar-refractivity contribution < 1.29 is 9.47 Å². The summed E-state index contributed by atoms with van der Waals surface area (Å²) in [6.07, 6.45) is 2.34. The van der Waals surface area contributed by atoms with Crippen LogP contribution in [0.25, 0.3) is 0 Å². The van der Waals surface area contributed by atoms with Crippen molar-refractivity contribution in [3.05, 3.63) is 35.4 Å². The number of hydrogen-bond donors (Lipinski definition) is 2.